The molecule has 100 valence electrons. The number of aryl methyl sites for hydroxylation is 1. The molecule has 1 aromatic carbocycles. The van der Waals surface area contributed by atoms with E-state index in [1.165, 1.54) is 17.6 Å². The van der Waals surface area contributed by atoms with Crippen LogP contribution in [-0.2, 0) is 0 Å². The van der Waals surface area contributed by atoms with Crippen LogP contribution in [0.3, 0.4) is 0 Å². The second kappa shape index (κ2) is 6.19. The number of nitrogens with zero attached hydrogens (tertiary/aromatic N) is 2. The van der Waals surface area contributed by atoms with Crippen LogP contribution in [0.5, 0.6) is 11.5 Å². The van der Waals surface area contributed by atoms with Crippen molar-refractivity contribution in [2.75, 3.05) is 12.0 Å². The Hall–Kier alpha value is -2.08. The minimum absolute atomic E-state index is 0.0882. The number of phenolic OH excluding ortho intramolecular Hbond substituents is 1. The molecule has 0 fully saturated rings. The highest BCUT2D eigenvalue weighted by Crippen LogP contribution is 2.28. The van der Waals surface area contributed by atoms with Gasteiger partial charge in [0, 0.05) is 10.9 Å². The van der Waals surface area contributed by atoms with Crippen molar-refractivity contribution in [2.24, 2.45) is 5.10 Å². The Balaban J connectivity index is 2.08. The van der Waals surface area contributed by atoms with E-state index in [9.17, 15) is 5.11 Å². The number of hydrogen-bond acceptors (Lipinski definition) is 6. The molecule has 0 spiro atoms. The number of hydrazone groups is 1. The third-order valence-electron chi connectivity index (χ3n) is 2.31. The Kier molecular flexibility index (Phi) is 4.35. The van der Waals surface area contributed by atoms with Gasteiger partial charge in [0.2, 0.25) is 5.13 Å². The predicted octanol–water partition coefficient (Wildman–Crippen LogP) is 3.00. The number of thiazole rings is 1. The first-order chi connectivity index (χ1) is 9.20. The van der Waals surface area contributed by atoms with Crippen LogP contribution in [-0.4, -0.2) is 22.9 Å². The maximum absolute atomic E-state index is 9.96. The first-order valence-electron chi connectivity index (χ1n) is 5.86. The van der Waals surface area contributed by atoms with Crippen molar-refractivity contribution in [3.63, 3.8) is 0 Å². The van der Waals surface area contributed by atoms with Gasteiger partial charge in [-0.25, -0.2) is 4.98 Å². The zero-order valence-electron chi connectivity index (χ0n) is 10.8. The summed E-state index contributed by atoms with van der Waals surface area (Å²) in [6, 6.07) is 5.28. The monoisotopic (exact) mass is 277 g/mol. The number of nitrogens with one attached hydrogen (secondary N) is 1. The number of rotatable bonds is 5. The third-order valence-corrected chi connectivity index (χ3v) is 3.18. The summed E-state index contributed by atoms with van der Waals surface area (Å²) in [7, 11) is 0. The molecule has 0 atom stereocenters. The van der Waals surface area contributed by atoms with Gasteiger partial charge in [-0.15, -0.1) is 11.3 Å². The number of phenols is 1. The molecule has 0 aliphatic rings. The van der Waals surface area contributed by atoms with E-state index in [0.29, 0.717) is 23.1 Å². The zero-order valence-corrected chi connectivity index (χ0v) is 11.6. The van der Waals surface area contributed by atoms with E-state index in [1.54, 1.807) is 18.2 Å². The molecule has 2 aromatic rings. The number of anilines is 1. The number of aromatic nitrogens is 1. The van der Waals surface area contributed by atoms with E-state index in [-0.39, 0.29) is 5.75 Å². The summed E-state index contributed by atoms with van der Waals surface area (Å²) in [6.45, 7) is 4.29. The van der Waals surface area contributed by atoms with E-state index in [4.69, 9.17) is 4.74 Å². The number of hydrogen-bond donors (Lipinski definition) is 2. The lowest BCUT2D eigenvalue weighted by Crippen LogP contribution is -1.95. The zero-order chi connectivity index (χ0) is 13.7. The van der Waals surface area contributed by atoms with Gasteiger partial charge in [0.05, 0.1) is 18.5 Å². The molecule has 5 nitrogen and oxygen atoms in total. The van der Waals surface area contributed by atoms with Crippen LogP contribution in [0.1, 0.15) is 18.2 Å². The average Bonchev–Trinajstić information content (AvgIpc) is 2.80. The van der Waals surface area contributed by atoms with Gasteiger partial charge in [-0.2, -0.15) is 5.10 Å². The topological polar surface area (TPSA) is 66.7 Å². The van der Waals surface area contributed by atoms with Crippen LogP contribution in [0.2, 0.25) is 0 Å². The Bertz CT molecular complexity index is 581. The molecular formula is C13H15N3O2S. The van der Waals surface area contributed by atoms with E-state index < -0.39 is 0 Å². The lowest BCUT2D eigenvalue weighted by atomic mass is 10.2. The normalized spacial score (nSPS) is 10.8. The summed E-state index contributed by atoms with van der Waals surface area (Å²) >= 11 is 1.48. The van der Waals surface area contributed by atoms with Crippen molar-refractivity contribution in [1.29, 1.82) is 0 Å². The highest BCUT2D eigenvalue weighted by Gasteiger charge is 2.05. The average molecular weight is 277 g/mol. The van der Waals surface area contributed by atoms with Crippen molar-refractivity contribution < 1.29 is 9.84 Å². The molecule has 0 amide bonds. The van der Waals surface area contributed by atoms with Gasteiger partial charge >= 0.3 is 0 Å². The second-order valence-corrected chi connectivity index (χ2v) is 4.65. The van der Waals surface area contributed by atoms with Crippen molar-refractivity contribution in [1.82, 2.24) is 4.98 Å². The third kappa shape index (κ3) is 3.45. The molecule has 0 aliphatic carbocycles. The Morgan fingerprint density at radius 3 is 3.05 bits per heavy atom. The van der Waals surface area contributed by atoms with Crippen molar-refractivity contribution in [3.8, 4) is 11.5 Å². The van der Waals surface area contributed by atoms with Crippen LogP contribution < -0.4 is 10.2 Å². The first kappa shape index (κ1) is 13.4. The molecule has 0 bridgehead atoms. The smallest absolute Gasteiger partial charge is 0.203 e. The summed E-state index contributed by atoms with van der Waals surface area (Å²) < 4.78 is 5.30. The van der Waals surface area contributed by atoms with E-state index in [0.717, 1.165) is 5.69 Å². The molecule has 0 radical (unpaired) electrons. The van der Waals surface area contributed by atoms with Gasteiger partial charge in [0.25, 0.3) is 0 Å². The van der Waals surface area contributed by atoms with Crippen LogP contribution in [0.4, 0.5) is 5.13 Å². The van der Waals surface area contributed by atoms with Gasteiger partial charge in [-0.3, -0.25) is 5.43 Å². The fourth-order valence-corrected chi connectivity index (χ4v) is 2.11. The standard InChI is InChI=1S/C13H15N3O2S/c1-3-18-11-6-4-5-10(12(11)17)7-14-16-13-15-9(2)8-19-13/h4-8,17H,3H2,1-2H3,(H,15,16). The number of para-hydroxylation sites is 1. The van der Waals surface area contributed by atoms with Crippen molar-refractivity contribution >= 4 is 22.7 Å². The minimum atomic E-state index is 0.0882. The molecule has 6 heteroatoms. The Morgan fingerprint density at radius 1 is 1.53 bits per heavy atom. The molecule has 19 heavy (non-hydrogen) atoms. The van der Waals surface area contributed by atoms with E-state index >= 15 is 0 Å². The second-order valence-electron chi connectivity index (χ2n) is 3.79. The fraction of sp³-hybridized carbons (Fsp3) is 0.231. The molecular weight excluding hydrogens is 262 g/mol. The summed E-state index contributed by atoms with van der Waals surface area (Å²) in [5.74, 6) is 0.543. The van der Waals surface area contributed by atoms with Gasteiger partial charge < -0.3 is 9.84 Å². The van der Waals surface area contributed by atoms with Gasteiger partial charge in [0.1, 0.15) is 0 Å². The SMILES string of the molecule is CCOc1cccc(C=NNc2nc(C)cs2)c1O. The highest BCUT2D eigenvalue weighted by molar-refractivity contribution is 7.13. The summed E-state index contributed by atoms with van der Waals surface area (Å²) in [4.78, 5) is 4.22. The van der Waals surface area contributed by atoms with Gasteiger partial charge in [-0.05, 0) is 26.0 Å². The molecule has 0 unspecified atom stereocenters. The van der Waals surface area contributed by atoms with E-state index in [1.807, 2.05) is 19.2 Å². The molecule has 0 saturated carbocycles. The maximum atomic E-state index is 9.96. The van der Waals surface area contributed by atoms with Crippen LogP contribution in [0, 0.1) is 6.92 Å². The van der Waals surface area contributed by atoms with Crippen LogP contribution >= 0.6 is 11.3 Å². The van der Waals surface area contributed by atoms with Crippen molar-refractivity contribution in [3.05, 3.63) is 34.8 Å². The number of aromatic hydroxyl groups is 1. The molecule has 1 aromatic heterocycles. The van der Waals surface area contributed by atoms with Gasteiger partial charge in [0.15, 0.2) is 11.5 Å². The summed E-state index contributed by atoms with van der Waals surface area (Å²) in [5.41, 5.74) is 4.36. The van der Waals surface area contributed by atoms with Crippen LogP contribution in [0.15, 0.2) is 28.7 Å². The molecule has 2 N–H and O–H groups in total. The Labute approximate surface area is 115 Å². The Morgan fingerprint density at radius 2 is 2.37 bits per heavy atom. The highest BCUT2D eigenvalue weighted by atomic mass is 32.1. The molecule has 0 saturated heterocycles. The van der Waals surface area contributed by atoms with Crippen molar-refractivity contribution in [2.45, 2.75) is 13.8 Å². The maximum Gasteiger partial charge on any atom is 0.203 e. The van der Waals surface area contributed by atoms with E-state index in [2.05, 4.69) is 15.5 Å². The number of ether oxygens (including phenoxy) is 1. The minimum Gasteiger partial charge on any atom is -0.504 e. The molecule has 2 rings (SSSR count). The lowest BCUT2D eigenvalue weighted by molar-refractivity contribution is 0.318. The van der Waals surface area contributed by atoms with Crippen LogP contribution in [0.25, 0.3) is 0 Å². The number of benzene rings is 1. The summed E-state index contributed by atoms with van der Waals surface area (Å²) in [6.07, 6.45) is 1.54. The fourth-order valence-electron chi connectivity index (χ4n) is 1.48. The van der Waals surface area contributed by atoms with Gasteiger partial charge in [-0.1, -0.05) is 6.07 Å². The predicted molar refractivity (Wildman–Crippen MR) is 77.3 cm³/mol. The largest absolute Gasteiger partial charge is 0.504 e. The molecule has 0 aliphatic heterocycles. The lowest BCUT2D eigenvalue weighted by Gasteiger charge is -2.06. The quantitative estimate of drug-likeness (QED) is 0.651. The first-order valence-corrected chi connectivity index (χ1v) is 6.74. The summed E-state index contributed by atoms with van der Waals surface area (Å²) in [5, 5.41) is 16.7. The molecule has 1 heterocycles.